The molecular formula is C26H37N7O. The van der Waals surface area contributed by atoms with Gasteiger partial charge in [-0.1, -0.05) is 24.6 Å². The van der Waals surface area contributed by atoms with Gasteiger partial charge < -0.3 is 15.1 Å². The van der Waals surface area contributed by atoms with Crippen molar-refractivity contribution in [2.75, 3.05) is 45.2 Å². The third kappa shape index (κ3) is 4.92. The molecule has 182 valence electrons. The molecule has 1 amide bonds. The van der Waals surface area contributed by atoms with Crippen molar-refractivity contribution in [1.29, 1.82) is 0 Å². The lowest BCUT2D eigenvalue weighted by Gasteiger charge is -2.36. The molecule has 2 atom stereocenters. The molecule has 8 heteroatoms. The fraction of sp³-hybridized carbons (Fsp3) is 0.538. The molecule has 0 spiro atoms. The Morgan fingerprint density at radius 3 is 2.56 bits per heavy atom. The zero-order valence-electron chi connectivity index (χ0n) is 21.3. The van der Waals surface area contributed by atoms with E-state index in [1.165, 1.54) is 5.56 Å². The molecule has 1 N–H and O–H groups in total. The average Bonchev–Trinajstić information content (AvgIpc) is 3.15. The summed E-state index contributed by atoms with van der Waals surface area (Å²) in [7, 11) is 4.10. The van der Waals surface area contributed by atoms with Gasteiger partial charge in [-0.3, -0.25) is 4.79 Å². The normalized spacial score (nSPS) is 18.6. The topological polar surface area (TPSA) is 79.2 Å². The van der Waals surface area contributed by atoms with Crippen molar-refractivity contribution in [2.45, 2.75) is 40.5 Å². The number of nitrogens with one attached hydrogen (secondary N) is 1. The van der Waals surface area contributed by atoms with Gasteiger partial charge in [-0.05, 0) is 72.3 Å². The average molecular weight is 464 g/mol. The zero-order valence-corrected chi connectivity index (χ0v) is 21.3. The van der Waals surface area contributed by atoms with Crippen LogP contribution in [0.1, 0.15) is 36.7 Å². The van der Waals surface area contributed by atoms with Crippen molar-refractivity contribution in [1.82, 2.24) is 30.2 Å². The number of anilines is 1. The van der Waals surface area contributed by atoms with E-state index in [0.717, 1.165) is 72.8 Å². The van der Waals surface area contributed by atoms with Crippen molar-refractivity contribution in [3.05, 3.63) is 41.2 Å². The van der Waals surface area contributed by atoms with E-state index in [1.54, 1.807) is 0 Å². The van der Waals surface area contributed by atoms with Crippen LogP contribution in [0, 0.1) is 32.6 Å². The summed E-state index contributed by atoms with van der Waals surface area (Å²) in [6.07, 6.45) is 1.77. The highest BCUT2D eigenvalue weighted by Gasteiger charge is 2.33. The number of amides is 1. The molecular weight excluding hydrogens is 426 g/mol. The van der Waals surface area contributed by atoms with E-state index < -0.39 is 0 Å². The Labute approximate surface area is 202 Å². The van der Waals surface area contributed by atoms with E-state index in [9.17, 15) is 4.79 Å². The fourth-order valence-electron chi connectivity index (χ4n) is 4.93. The second-order valence-electron chi connectivity index (χ2n) is 9.93. The Kier molecular flexibility index (Phi) is 7.16. The summed E-state index contributed by atoms with van der Waals surface area (Å²) in [6, 6.07) is 8.39. The molecule has 1 saturated heterocycles. The van der Waals surface area contributed by atoms with Crippen LogP contribution in [0.15, 0.2) is 24.3 Å². The number of benzene rings is 1. The maximum absolute atomic E-state index is 12.8. The Balaban J connectivity index is 1.53. The van der Waals surface area contributed by atoms with Crippen molar-refractivity contribution in [2.24, 2.45) is 11.8 Å². The molecule has 2 aromatic heterocycles. The number of hydrogen-bond donors (Lipinski definition) is 1. The lowest BCUT2D eigenvalue weighted by atomic mass is 9.86. The van der Waals surface area contributed by atoms with Crippen LogP contribution in [0.25, 0.3) is 16.6 Å². The molecule has 0 radical (unpaired) electrons. The summed E-state index contributed by atoms with van der Waals surface area (Å²) < 4.78 is 1.99. The molecule has 3 heterocycles. The number of carbonyl (C=O) groups is 1. The summed E-state index contributed by atoms with van der Waals surface area (Å²) >= 11 is 0. The molecule has 0 bridgehead atoms. The number of rotatable bonds is 7. The third-order valence-electron chi connectivity index (χ3n) is 6.89. The first kappa shape index (κ1) is 24.1. The maximum Gasteiger partial charge on any atom is 0.223 e. The number of aromatic nitrogens is 4. The largest absolute Gasteiger partial charge is 0.356 e. The smallest absolute Gasteiger partial charge is 0.223 e. The van der Waals surface area contributed by atoms with E-state index in [2.05, 4.69) is 84.4 Å². The van der Waals surface area contributed by atoms with Gasteiger partial charge in [0.05, 0.1) is 22.5 Å². The summed E-state index contributed by atoms with van der Waals surface area (Å²) in [6.45, 7) is 11.6. The maximum atomic E-state index is 12.8. The zero-order chi connectivity index (χ0) is 24.4. The van der Waals surface area contributed by atoms with Gasteiger partial charge in [0.2, 0.25) is 5.91 Å². The lowest BCUT2D eigenvalue weighted by molar-refractivity contribution is -0.127. The first-order valence-electron chi connectivity index (χ1n) is 12.2. The Morgan fingerprint density at radius 2 is 1.88 bits per heavy atom. The summed E-state index contributed by atoms with van der Waals surface area (Å²) in [4.78, 5) is 17.2. The predicted octanol–water partition coefficient (Wildman–Crippen LogP) is 3.27. The molecule has 1 aliphatic rings. The van der Waals surface area contributed by atoms with Crippen LogP contribution < -0.4 is 10.2 Å². The second-order valence-corrected chi connectivity index (χ2v) is 9.93. The van der Waals surface area contributed by atoms with Crippen LogP contribution >= 0.6 is 0 Å². The first-order valence-corrected chi connectivity index (χ1v) is 12.2. The quantitative estimate of drug-likeness (QED) is 0.542. The highest BCUT2D eigenvalue weighted by molar-refractivity contribution is 5.92. The predicted molar refractivity (Wildman–Crippen MR) is 137 cm³/mol. The molecule has 1 aromatic carbocycles. The van der Waals surface area contributed by atoms with Crippen LogP contribution in [0.2, 0.25) is 0 Å². The minimum atomic E-state index is 0.0244. The van der Waals surface area contributed by atoms with Crippen LogP contribution in [0.5, 0.6) is 0 Å². The molecule has 8 nitrogen and oxygen atoms in total. The molecule has 4 rings (SSSR count). The Hall–Kier alpha value is -3.00. The van der Waals surface area contributed by atoms with E-state index >= 15 is 0 Å². The number of nitrogens with zero attached hydrogens (tertiary/aromatic N) is 6. The van der Waals surface area contributed by atoms with Crippen molar-refractivity contribution < 1.29 is 4.79 Å². The van der Waals surface area contributed by atoms with Crippen LogP contribution in [-0.4, -0.2) is 71.1 Å². The standard InChI is InChI=1S/C26H37N7O/c1-17-8-10-21(11-9-17)33-20(4)23-19(3)28-29-25(24(23)30-33)32-15-12-22(18(2)16-32)26(34)27-13-7-14-31(5)6/h8-11,18,22H,7,12-16H2,1-6H3,(H,27,34)/t18-,22-/m0/s1. The minimum Gasteiger partial charge on any atom is -0.356 e. The second kappa shape index (κ2) is 10.1. The van der Waals surface area contributed by atoms with Crippen molar-refractivity contribution in [3.63, 3.8) is 0 Å². The summed E-state index contributed by atoms with van der Waals surface area (Å²) in [5.41, 5.74) is 5.08. The molecule has 3 aromatic rings. The Bertz CT molecular complexity index is 1150. The summed E-state index contributed by atoms with van der Waals surface area (Å²) in [5, 5.41) is 18.2. The highest BCUT2D eigenvalue weighted by Crippen LogP contribution is 2.33. The number of hydrogen-bond acceptors (Lipinski definition) is 6. The van der Waals surface area contributed by atoms with Crippen LogP contribution in [0.3, 0.4) is 0 Å². The van der Waals surface area contributed by atoms with Gasteiger partial charge in [0.25, 0.3) is 0 Å². The molecule has 0 saturated carbocycles. The minimum absolute atomic E-state index is 0.0244. The van der Waals surface area contributed by atoms with Crippen molar-refractivity contribution >= 4 is 22.6 Å². The fourth-order valence-corrected chi connectivity index (χ4v) is 4.93. The highest BCUT2D eigenvalue weighted by atomic mass is 16.1. The van der Waals surface area contributed by atoms with Gasteiger partial charge in [0.15, 0.2) is 5.82 Å². The van der Waals surface area contributed by atoms with Gasteiger partial charge in [0.1, 0.15) is 5.52 Å². The number of carbonyl (C=O) groups excluding carboxylic acids is 1. The van der Waals surface area contributed by atoms with Gasteiger partial charge in [-0.25, -0.2) is 4.68 Å². The van der Waals surface area contributed by atoms with Gasteiger partial charge in [-0.2, -0.15) is 10.2 Å². The van der Waals surface area contributed by atoms with E-state index in [-0.39, 0.29) is 17.7 Å². The summed E-state index contributed by atoms with van der Waals surface area (Å²) in [5.74, 6) is 1.23. The molecule has 34 heavy (non-hydrogen) atoms. The molecule has 1 aliphatic heterocycles. The van der Waals surface area contributed by atoms with Crippen molar-refractivity contribution in [3.8, 4) is 5.69 Å². The van der Waals surface area contributed by atoms with E-state index in [1.807, 2.05) is 11.6 Å². The van der Waals surface area contributed by atoms with E-state index in [0.29, 0.717) is 0 Å². The third-order valence-corrected chi connectivity index (χ3v) is 6.89. The van der Waals surface area contributed by atoms with Gasteiger partial charge >= 0.3 is 0 Å². The lowest BCUT2D eigenvalue weighted by Crippen LogP contribution is -2.46. The van der Waals surface area contributed by atoms with Crippen LogP contribution in [-0.2, 0) is 4.79 Å². The number of aryl methyl sites for hydroxylation is 3. The number of fused-ring (bicyclic) bond motifs is 1. The molecule has 0 unspecified atom stereocenters. The molecule has 0 aliphatic carbocycles. The SMILES string of the molecule is Cc1ccc(-n2nc3c(N4CC[C@H](C(=O)NCCCN(C)C)[C@@H](C)C4)nnc(C)c3c2C)cc1. The van der Waals surface area contributed by atoms with E-state index in [4.69, 9.17) is 5.10 Å². The van der Waals surface area contributed by atoms with Crippen LogP contribution in [0.4, 0.5) is 5.82 Å². The van der Waals surface area contributed by atoms with Gasteiger partial charge in [0, 0.05) is 25.6 Å². The molecule has 1 fully saturated rings. The van der Waals surface area contributed by atoms with Gasteiger partial charge in [-0.15, -0.1) is 5.10 Å². The first-order chi connectivity index (χ1) is 16.3. The Morgan fingerprint density at radius 1 is 1.15 bits per heavy atom. The number of piperidine rings is 1. The monoisotopic (exact) mass is 463 g/mol.